The Morgan fingerprint density at radius 3 is 2.26 bits per heavy atom. The highest BCUT2D eigenvalue weighted by molar-refractivity contribution is 7.07. The molecule has 2 N–H and O–H groups in total. The van der Waals surface area contributed by atoms with Gasteiger partial charge in [-0.25, -0.2) is 9.79 Å². The predicted molar refractivity (Wildman–Crippen MR) is 182 cm³/mol. The maximum atomic E-state index is 14.2. The standard InChI is InChI=1S/C37H34N4O4S/c1-21(2)25-11-13-26(14-12-25)33-32(34(42)39-29-9-7-6-8-10-29)23(4)38-37-41(33)35(43)31(46-37)20-28-19-22(3)40(24(28)5)30-17-15-27(16-18-30)36(44)45/h6-21,33H,1-5H3,(H,39,42)(H,44,45)/b31-20-/t33-/m1/s1. The van der Waals surface area contributed by atoms with Gasteiger partial charge in [-0.05, 0) is 91.9 Å². The van der Waals surface area contributed by atoms with Crippen molar-refractivity contribution in [3.63, 3.8) is 0 Å². The van der Waals surface area contributed by atoms with E-state index in [-0.39, 0.29) is 17.0 Å². The van der Waals surface area contributed by atoms with Gasteiger partial charge >= 0.3 is 5.97 Å². The van der Waals surface area contributed by atoms with Crippen LogP contribution in [-0.2, 0) is 4.79 Å². The summed E-state index contributed by atoms with van der Waals surface area (Å²) in [4.78, 5) is 44.8. The van der Waals surface area contributed by atoms with Crippen molar-refractivity contribution >= 4 is 35.0 Å². The molecule has 1 aliphatic heterocycles. The number of carbonyl (C=O) groups is 2. The summed E-state index contributed by atoms with van der Waals surface area (Å²) >= 11 is 1.30. The molecule has 0 unspecified atom stereocenters. The van der Waals surface area contributed by atoms with Crippen molar-refractivity contribution < 1.29 is 14.7 Å². The first-order valence-corrected chi connectivity index (χ1v) is 15.9. The Bertz CT molecular complexity index is 2190. The molecule has 232 valence electrons. The lowest BCUT2D eigenvalue weighted by atomic mass is 9.93. The number of fused-ring (bicyclic) bond motifs is 1. The second-order valence-corrected chi connectivity index (χ2v) is 12.7. The van der Waals surface area contributed by atoms with E-state index in [0.717, 1.165) is 28.2 Å². The van der Waals surface area contributed by atoms with Crippen LogP contribution in [0.3, 0.4) is 0 Å². The number of carboxylic acids is 1. The van der Waals surface area contributed by atoms with Gasteiger partial charge in [0, 0.05) is 22.8 Å². The van der Waals surface area contributed by atoms with Crippen LogP contribution in [0.1, 0.15) is 71.2 Å². The zero-order valence-corrected chi connectivity index (χ0v) is 27.1. The average Bonchev–Trinajstić information content (AvgIpc) is 3.49. The maximum Gasteiger partial charge on any atom is 0.335 e. The number of hydrogen-bond donors (Lipinski definition) is 2. The molecule has 5 aromatic rings. The van der Waals surface area contributed by atoms with Crippen molar-refractivity contribution in [1.82, 2.24) is 9.13 Å². The number of thiazole rings is 1. The fourth-order valence-electron chi connectivity index (χ4n) is 5.94. The molecule has 1 aliphatic rings. The molecule has 3 heterocycles. The van der Waals surface area contributed by atoms with Crippen LogP contribution < -0.4 is 20.2 Å². The topological polar surface area (TPSA) is 106 Å². The van der Waals surface area contributed by atoms with Gasteiger partial charge in [-0.1, -0.05) is 67.6 Å². The molecular formula is C37H34N4O4S. The second-order valence-electron chi connectivity index (χ2n) is 11.7. The van der Waals surface area contributed by atoms with Crippen LogP contribution >= 0.6 is 11.3 Å². The molecule has 0 bridgehead atoms. The van der Waals surface area contributed by atoms with Gasteiger partial charge in [-0.2, -0.15) is 0 Å². The second kappa shape index (κ2) is 12.3. The Hall–Kier alpha value is -5.28. The normalized spacial score (nSPS) is 14.7. The van der Waals surface area contributed by atoms with Gasteiger partial charge in [0.05, 0.1) is 27.4 Å². The van der Waals surface area contributed by atoms with Crippen molar-refractivity contribution in [2.75, 3.05) is 5.32 Å². The number of aromatic carboxylic acids is 1. The third kappa shape index (κ3) is 5.65. The average molecular weight is 631 g/mol. The number of allylic oxidation sites excluding steroid dienone is 1. The van der Waals surface area contributed by atoms with Crippen LogP contribution in [0.15, 0.2) is 106 Å². The SMILES string of the molecule is CC1=C(C(=O)Nc2ccccc2)[C@@H](c2ccc(C(C)C)cc2)n2c(s/c(=C\c3cc(C)n(-c4ccc(C(=O)O)cc4)c3C)c2=O)=N1. The molecule has 0 radical (unpaired) electrons. The molecule has 0 saturated carbocycles. The van der Waals surface area contributed by atoms with E-state index in [0.29, 0.717) is 32.2 Å². The van der Waals surface area contributed by atoms with Gasteiger partial charge < -0.3 is 15.0 Å². The summed E-state index contributed by atoms with van der Waals surface area (Å²) in [5, 5.41) is 12.3. The summed E-state index contributed by atoms with van der Waals surface area (Å²) in [6.45, 7) is 10.0. The summed E-state index contributed by atoms with van der Waals surface area (Å²) in [5.74, 6) is -0.950. The summed E-state index contributed by atoms with van der Waals surface area (Å²) in [7, 11) is 0. The summed E-state index contributed by atoms with van der Waals surface area (Å²) < 4.78 is 4.17. The molecule has 0 saturated heterocycles. The van der Waals surface area contributed by atoms with Crippen LogP contribution in [0.5, 0.6) is 0 Å². The molecular weight excluding hydrogens is 596 g/mol. The first kappa shape index (κ1) is 30.7. The summed E-state index contributed by atoms with van der Waals surface area (Å²) in [5.41, 5.74) is 7.16. The molecule has 1 amide bonds. The number of nitrogens with zero attached hydrogens (tertiary/aromatic N) is 3. The molecule has 0 spiro atoms. The van der Waals surface area contributed by atoms with Gasteiger partial charge in [0.15, 0.2) is 4.80 Å². The Morgan fingerprint density at radius 1 is 0.957 bits per heavy atom. The van der Waals surface area contributed by atoms with Crippen molar-refractivity contribution in [2.45, 2.75) is 46.6 Å². The van der Waals surface area contributed by atoms with Gasteiger partial charge in [0.2, 0.25) is 0 Å². The van der Waals surface area contributed by atoms with Gasteiger partial charge in [0.1, 0.15) is 0 Å². The monoisotopic (exact) mass is 630 g/mol. The molecule has 8 nitrogen and oxygen atoms in total. The summed E-state index contributed by atoms with van der Waals surface area (Å²) in [6, 6.07) is 25.4. The Labute approximate surface area is 270 Å². The molecule has 6 rings (SSSR count). The minimum Gasteiger partial charge on any atom is -0.478 e. The third-order valence-corrected chi connectivity index (χ3v) is 9.33. The van der Waals surface area contributed by atoms with E-state index in [1.54, 1.807) is 28.8 Å². The minimum absolute atomic E-state index is 0.216. The van der Waals surface area contributed by atoms with E-state index in [1.165, 1.54) is 16.9 Å². The Morgan fingerprint density at radius 2 is 1.63 bits per heavy atom. The van der Waals surface area contributed by atoms with Crippen molar-refractivity contribution in [3.05, 3.63) is 150 Å². The van der Waals surface area contributed by atoms with E-state index >= 15 is 0 Å². The van der Waals surface area contributed by atoms with Crippen molar-refractivity contribution in [2.24, 2.45) is 4.99 Å². The quantitative estimate of drug-likeness (QED) is 0.227. The largest absolute Gasteiger partial charge is 0.478 e. The van der Waals surface area contributed by atoms with E-state index in [2.05, 4.69) is 31.3 Å². The molecule has 0 aliphatic carbocycles. The third-order valence-electron chi connectivity index (χ3n) is 8.35. The maximum absolute atomic E-state index is 14.2. The molecule has 0 fully saturated rings. The highest BCUT2D eigenvalue weighted by atomic mass is 32.1. The molecule has 9 heteroatoms. The van der Waals surface area contributed by atoms with Crippen LogP contribution in [0.2, 0.25) is 0 Å². The van der Waals surface area contributed by atoms with E-state index in [4.69, 9.17) is 4.99 Å². The fraction of sp³-hybridized carbons (Fsp3) is 0.189. The van der Waals surface area contributed by atoms with Crippen LogP contribution in [-0.4, -0.2) is 26.1 Å². The number of carbonyl (C=O) groups excluding carboxylic acids is 1. The number of para-hydroxylation sites is 1. The smallest absolute Gasteiger partial charge is 0.335 e. The van der Waals surface area contributed by atoms with E-state index in [9.17, 15) is 19.5 Å². The zero-order valence-electron chi connectivity index (χ0n) is 26.2. The first-order chi connectivity index (χ1) is 22.0. The minimum atomic E-state index is -0.978. The van der Waals surface area contributed by atoms with Crippen LogP contribution in [0.25, 0.3) is 11.8 Å². The fourth-order valence-corrected chi connectivity index (χ4v) is 6.97. The lowest BCUT2D eigenvalue weighted by Crippen LogP contribution is -2.40. The molecule has 1 atom stereocenters. The van der Waals surface area contributed by atoms with Gasteiger partial charge in [-0.3, -0.25) is 14.2 Å². The molecule has 3 aromatic carbocycles. The highest BCUT2D eigenvalue weighted by Gasteiger charge is 2.32. The van der Waals surface area contributed by atoms with Crippen molar-refractivity contribution in [1.29, 1.82) is 0 Å². The van der Waals surface area contributed by atoms with Gasteiger partial charge in [0.25, 0.3) is 11.5 Å². The zero-order chi connectivity index (χ0) is 32.7. The highest BCUT2D eigenvalue weighted by Crippen LogP contribution is 2.32. The first-order valence-electron chi connectivity index (χ1n) is 15.0. The number of hydrogen-bond acceptors (Lipinski definition) is 5. The number of aromatic nitrogens is 2. The summed E-state index contributed by atoms with van der Waals surface area (Å²) in [6.07, 6.45) is 1.87. The number of aryl methyl sites for hydroxylation is 1. The number of benzene rings is 3. The van der Waals surface area contributed by atoms with Crippen molar-refractivity contribution in [3.8, 4) is 5.69 Å². The Balaban J connectivity index is 1.47. The predicted octanol–water partition coefficient (Wildman–Crippen LogP) is 6.10. The number of carboxylic acid groups (broad SMARTS) is 1. The van der Waals surface area contributed by atoms with Gasteiger partial charge in [-0.15, -0.1) is 0 Å². The number of amides is 1. The molecule has 2 aromatic heterocycles. The van der Waals surface area contributed by atoms with E-state index in [1.807, 2.05) is 79.9 Å². The van der Waals surface area contributed by atoms with Crippen LogP contribution in [0, 0.1) is 13.8 Å². The lowest BCUT2D eigenvalue weighted by molar-refractivity contribution is -0.113. The molecule has 46 heavy (non-hydrogen) atoms. The number of nitrogens with one attached hydrogen (secondary N) is 1. The number of rotatable bonds is 7. The Kier molecular flexibility index (Phi) is 8.19. The van der Waals surface area contributed by atoms with Crippen LogP contribution in [0.4, 0.5) is 5.69 Å². The van der Waals surface area contributed by atoms with E-state index < -0.39 is 12.0 Å². The lowest BCUT2D eigenvalue weighted by Gasteiger charge is -2.25. The number of anilines is 1.